The lowest BCUT2D eigenvalue weighted by atomic mass is 10.0. The van der Waals surface area contributed by atoms with Crippen LogP contribution < -0.4 is 10.1 Å². The molecule has 110 valence electrons. The minimum atomic E-state index is -0.125. The van der Waals surface area contributed by atoms with Crippen LogP contribution in [0.3, 0.4) is 0 Å². The standard InChI is InChI=1S/C16H24N2O2/c1-16(2)13-17-10-6-11-18(16)15(19)9-12-20-14-7-4-3-5-8-14/h3-5,7-8,17H,6,9-13H2,1-2H3. The lowest BCUT2D eigenvalue weighted by Crippen LogP contribution is -2.51. The first kappa shape index (κ1) is 14.9. The minimum absolute atomic E-state index is 0.125. The maximum absolute atomic E-state index is 12.4. The summed E-state index contributed by atoms with van der Waals surface area (Å²) in [7, 11) is 0. The predicted octanol–water partition coefficient (Wildman–Crippen LogP) is 2.06. The fourth-order valence-corrected chi connectivity index (χ4v) is 2.52. The number of carbonyl (C=O) groups is 1. The average molecular weight is 276 g/mol. The summed E-state index contributed by atoms with van der Waals surface area (Å²) in [5.74, 6) is 0.992. The van der Waals surface area contributed by atoms with Crippen LogP contribution in [0.5, 0.6) is 5.75 Å². The quantitative estimate of drug-likeness (QED) is 0.915. The SMILES string of the molecule is CC1(C)CNCCCN1C(=O)CCOc1ccccc1. The third kappa shape index (κ3) is 3.97. The van der Waals surface area contributed by atoms with Crippen LogP contribution in [-0.4, -0.2) is 42.6 Å². The van der Waals surface area contributed by atoms with Crippen LogP contribution >= 0.6 is 0 Å². The molecule has 1 amide bonds. The van der Waals surface area contributed by atoms with E-state index in [4.69, 9.17) is 4.74 Å². The van der Waals surface area contributed by atoms with Crippen LogP contribution in [0.1, 0.15) is 26.7 Å². The van der Waals surface area contributed by atoms with Gasteiger partial charge in [0, 0.05) is 18.6 Å². The second-order valence-electron chi connectivity index (χ2n) is 5.80. The van der Waals surface area contributed by atoms with Gasteiger partial charge < -0.3 is 15.0 Å². The van der Waals surface area contributed by atoms with Gasteiger partial charge in [-0.05, 0) is 38.9 Å². The van der Waals surface area contributed by atoms with Crippen molar-refractivity contribution in [3.05, 3.63) is 30.3 Å². The van der Waals surface area contributed by atoms with Gasteiger partial charge in [0.1, 0.15) is 5.75 Å². The lowest BCUT2D eigenvalue weighted by molar-refractivity contribution is -0.136. The second kappa shape index (κ2) is 6.75. The van der Waals surface area contributed by atoms with E-state index < -0.39 is 0 Å². The van der Waals surface area contributed by atoms with Gasteiger partial charge in [0.2, 0.25) is 5.91 Å². The van der Waals surface area contributed by atoms with E-state index in [9.17, 15) is 4.79 Å². The van der Waals surface area contributed by atoms with Crippen molar-refractivity contribution in [2.24, 2.45) is 0 Å². The molecular weight excluding hydrogens is 252 g/mol. The fourth-order valence-electron chi connectivity index (χ4n) is 2.52. The van der Waals surface area contributed by atoms with Crippen LogP contribution in [0.25, 0.3) is 0 Å². The summed E-state index contributed by atoms with van der Waals surface area (Å²) < 4.78 is 5.60. The number of hydrogen-bond donors (Lipinski definition) is 1. The van der Waals surface area contributed by atoms with Gasteiger partial charge in [0.05, 0.1) is 13.0 Å². The van der Waals surface area contributed by atoms with Gasteiger partial charge in [-0.3, -0.25) is 4.79 Å². The van der Waals surface area contributed by atoms with Crippen LogP contribution in [-0.2, 0) is 4.79 Å². The number of hydrogen-bond acceptors (Lipinski definition) is 3. The van der Waals surface area contributed by atoms with Crippen molar-refractivity contribution < 1.29 is 9.53 Å². The first-order valence-corrected chi connectivity index (χ1v) is 7.29. The molecule has 1 heterocycles. The Kier molecular flexibility index (Phi) is 5.01. The minimum Gasteiger partial charge on any atom is -0.493 e. The molecule has 0 spiro atoms. The molecule has 0 unspecified atom stereocenters. The summed E-state index contributed by atoms with van der Waals surface area (Å²) in [6.07, 6.45) is 1.44. The molecule has 4 heteroatoms. The van der Waals surface area contributed by atoms with Gasteiger partial charge in [0.25, 0.3) is 0 Å². The third-order valence-electron chi connectivity index (χ3n) is 3.65. The number of amides is 1. The van der Waals surface area contributed by atoms with Crippen LogP contribution in [0.2, 0.25) is 0 Å². The average Bonchev–Trinajstić information content (AvgIpc) is 2.60. The van der Waals surface area contributed by atoms with Crippen LogP contribution in [0, 0.1) is 0 Å². The van der Waals surface area contributed by atoms with Crippen molar-refractivity contribution in [2.45, 2.75) is 32.2 Å². The maximum Gasteiger partial charge on any atom is 0.226 e. The number of nitrogens with zero attached hydrogens (tertiary/aromatic N) is 1. The molecule has 1 saturated heterocycles. The predicted molar refractivity (Wildman–Crippen MR) is 79.8 cm³/mol. The zero-order valence-corrected chi connectivity index (χ0v) is 12.4. The Balaban J connectivity index is 1.84. The van der Waals surface area contributed by atoms with E-state index in [0.717, 1.165) is 31.8 Å². The Hall–Kier alpha value is -1.55. The molecule has 1 aromatic carbocycles. The molecule has 0 bridgehead atoms. The Morgan fingerprint density at radius 1 is 1.35 bits per heavy atom. The van der Waals surface area contributed by atoms with Gasteiger partial charge in [0.15, 0.2) is 0 Å². The molecule has 20 heavy (non-hydrogen) atoms. The normalized spacial score (nSPS) is 18.4. The van der Waals surface area contributed by atoms with E-state index in [1.807, 2.05) is 35.2 Å². The lowest BCUT2D eigenvalue weighted by Gasteiger charge is -2.37. The van der Waals surface area contributed by atoms with Crippen LogP contribution in [0.15, 0.2) is 30.3 Å². The topological polar surface area (TPSA) is 41.6 Å². The van der Waals surface area contributed by atoms with Gasteiger partial charge in [-0.15, -0.1) is 0 Å². The zero-order valence-electron chi connectivity index (χ0n) is 12.4. The first-order chi connectivity index (χ1) is 9.59. The maximum atomic E-state index is 12.4. The molecular formula is C16H24N2O2. The monoisotopic (exact) mass is 276 g/mol. The highest BCUT2D eigenvalue weighted by Gasteiger charge is 2.31. The number of ether oxygens (including phenoxy) is 1. The molecule has 0 atom stereocenters. The molecule has 1 N–H and O–H groups in total. The molecule has 4 nitrogen and oxygen atoms in total. The Labute approximate surface area is 121 Å². The van der Waals surface area contributed by atoms with E-state index in [2.05, 4.69) is 19.2 Å². The van der Waals surface area contributed by atoms with Crippen molar-refractivity contribution in [3.8, 4) is 5.75 Å². The molecule has 1 aliphatic rings. The Bertz CT molecular complexity index is 431. The first-order valence-electron chi connectivity index (χ1n) is 7.29. The van der Waals surface area contributed by atoms with Gasteiger partial charge >= 0.3 is 0 Å². The van der Waals surface area contributed by atoms with Crippen molar-refractivity contribution in [2.75, 3.05) is 26.2 Å². The Morgan fingerprint density at radius 2 is 2.10 bits per heavy atom. The highest BCUT2D eigenvalue weighted by molar-refractivity contribution is 5.77. The molecule has 0 aromatic heterocycles. The molecule has 0 saturated carbocycles. The highest BCUT2D eigenvalue weighted by Crippen LogP contribution is 2.18. The number of rotatable bonds is 4. The summed E-state index contributed by atoms with van der Waals surface area (Å²) in [5, 5.41) is 3.38. The van der Waals surface area contributed by atoms with Crippen molar-refractivity contribution in [1.29, 1.82) is 0 Å². The molecule has 0 aliphatic carbocycles. The van der Waals surface area contributed by atoms with Crippen molar-refractivity contribution in [1.82, 2.24) is 10.2 Å². The number of benzene rings is 1. The van der Waals surface area contributed by atoms with E-state index in [1.54, 1.807) is 0 Å². The zero-order chi connectivity index (χ0) is 14.4. The summed E-state index contributed by atoms with van der Waals surface area (Å²) in [6, 6.07) is 9.63. The van der Waals surface area contributed by atoms with Gasteiger partial charge in [-0.25, -0.2) is 0 Å². The van der Waals surface area contributed by atoms with Gasteiger partial charge in [-0.2, -0.15) is 0 Å². The second-order valence-corrected chi connectivity index (χ2v) is 5.80. The van der Waals surface area contributed by atoms with E-state index in [0.29, 0.717) is 13.0 Å². The largest absolute Gasteiger partial charge is 0.493 e. The van der Waals surface area contributed by atoms with E-state index in [-0.39, 0.29) is 11.4 Å². The molecule has 2 rings (SSSR count). The smallest absolute Gasteiger partial charge is 0.226 e. The number of carbonyl (C=O) groups excluding carboxylic acids is 1. The van der Waals surface area contributed by atoms with Gasteiger partial charge in [-0.1, -0.05) is 18.2 Å². The third-order valence-corrected chi connectivity index (χ3v) is 3.65. The summed E-state index contributed by atoms with van der Waals surface area (Å²) >= 11 is 0. The fraction of sp³-hybridized carbons (Fsp3) is 0.562. The Morgan fingerprint density at radius 3 is 2.85 bits per heavy atom. The summed E-state index contributed by atoms with van der Waals surface area (Å²) in [4.78, 5) is 14.4. The van der Waals surface area contributed by atoms with Crippen molar-refractivity contribution >= 4 is 5.91 Å². The number of nitrogens with one attached hydrogen (secondary N) is 1. The summed E-state index contributed by atoms with van der Waals surface area (Å²) in [6.45, 7) is 7.31. The molecule has 1 fully saturated rings. The van der Waals surface area contributed by atoms with E-state index >= 15 is 0 Å². The summed E-state index contributed by atoms with van der Waals surface area (Å²) in [5.41, 5.74) is -0.125. The molecule has 1 aromatic rings. The number of para-hydroxylation sites is 1. The van der Waals surface area contributed by atoms with Crippen molar-refractivity contribution in [3.63, 3.8) is 0 Å². The van der Waals surface area contributed by atoms with Crippen LogP contribution in [0.4, 0.5) is 0 Å². The highest BCUT2D eigenvalue weighted by atomic mass is 16.5. The molecule has 1 aliphatic heterocycles. The molecule has 0 radical (unpaired) electrons. The van der Waals surface area contributed by atoms with E-state index in [1.165, 1.54) is 0 Å².